The molecule has 0 spiro atoms. The van der Waals surface area contributed by atoms with E-state index in [9.17, 15) is 35.1 Å². The number of unbranched alkanes of at least 4 members (excludes halogenated alkanes) is 4. The first-order valence-electron chi connectivity index (χ1n) is 44.5. The molecule has 2 nitrogen and oxygen atoms in total. The van der Waals surface area contributed by atoms with Crippen molar-refractivity contribution >= 4 is 0 Å². The van der Waals surface area contributed by atoms with Crippen molar-refractivity contribution in [3.8, 4) is 78.3 Å². The summed E-state index contributed by atoms with van der Waals surface area (Å²) in [6, 6.07) is 59.4. The first kappa shape index (κ1) is 98.8. The van der Waals surface area contributed by atoms with E-state index in [1.807, 2.05) is 121 Å². The van der Waals surface area contributed by atoms with Crippen LogP contribution in [0.15, 0.2) is 194 Å². The number of ether oxygens (including phenoxy) is 2. The zero-order chi connectivity index (χ0) is 85.6. The molecule has 0 amide bonds. The van der Waals surface area contributed by atoms with Crippen LogP contribution in [0.1, 0.15) is 291 Å². The van der Waals surface area contributed by atoms with Crippen molar-refractivity contribution in [2.24, 2.45) is 11.8 Å². The third-order valence-corrected chi connectivity index (χ3v) is 21.7. The maximum atomic E-state index is 14.7. The molecule has 12 rings (SSSR count). The van der Waals surface area contributed by atoms with Gasteiger partial charge in [-0.1, -0.05) is 344 Å². The Morgan fingerprint density at radius 1 is 0.248 bits per heavy atom. The van der Waals surface area contributed by atoms with Crippen LogP contribution in [-0.4, -0.2) is 13.2 Å². The average Bonchev–Trinajstić information content (AvgIpc) is 0.677. The molecule has 0 heterocycles. The van der Waals surface area contributed by atoms with Gasteiger partial charge in [0.1, 0.15) is 0 Å². The van der Waals surface area contributed by atoms with E-state index in [4.69, 9.17) is 9.47 Å². The molecule has 2 fully saturated rings. The lowest BCUT2D eigenvalue weighted by molar-refractivity contribution is 0.304. The van der Waals surface area contributed by atoms with Gasteiger partial charge in [0.15, 0.2) is 46.4 Å². The number of benzene rings is 10. The van der Waals surface area contributed by atoms with Crippen LogP contribution in [0.2, 0.25) is 0 Å². The fourth-order valence-electron chi connectivity index (χ4n) is 14.3. The van der Waals surface area contributed by atoms with Crippen LogP contribution in [0.3, 0.4) is 0 Å². The average molecular weight is 1610 g/mol. The first-order valence-corrected chi connectivity index (χ1v) is 44.5. The van der Waals surface area contributed by atoms with Gasteiger partial charge in [0, 0.05) is 33.4 Å². The molecule has 10 aromatic carbocycles. The number of rotatable bonds is 25. The molecule has 0 aromatic heterocycles. The van der Waals surface area contributed by atoms with Crippen LogP contribution < -0.4 is 9.47 Å². The summed E-state index contributed by atoms with van der Waals surface area (Å²) in [5.74, 6) is -3.79. The van der Waals surface area contributed by atoms with Crippen molar-refractivity contribution in [3.63, 3.8) is 0 Å². The SMILES string of the molecule is CCC.CCC.CCCC.CCCC.CCCCC1CCC(c2ccc(-c3ccc(OCC)c(F)c3F)cc2)CC1.CCCCc1ccc(-c2ccc(-c3ccc(CC)cc3)c(F)c2F)cc1.CCCc1ccc(-c2ccc(-c3ccc(CC)cc3)c(F)c2F)cc1.CCOc1ccc(-c2ccc(C3CCC(CC)CC3)cc2)c(F)c1F. The highest BCUT2D eigenvalue weighted by Crippen LogP contribution is 2.42. The van der Waals surface area contributed by atoms with Crippen molar-refractivity contribution < 1.29 is 44.6 Å². The van der Waals surface area contributed by atoms with E-state index in [-0.39, 0.29) is 22.6 Å². The second-order valence-electron chi connectivity index (χ2n) is 30.9. The summed E-state index contributed by atoms with van der Waals surface area (Å²) in [6.07, 6.45) is 30.4. The topological polar surface area (TPSA) is 18.5 Å². The van der Waals surface area contributed by atoms with Crippen LogP contribution in [-0.2, 0) is 25.7 Å². The number of aryl methyl sites for hydroxylation is 4. The van der Waals surface area contributed by atoms with Crippen molar-refractivity contribution in [1.82, 2.24) is 0 Å². The molecule has 117 heavy (non-hydrogen) atoms. The van der Waals surface area contributed by atoms with Crippen LogP contribution in [0.5, 0.6) is 11.5 Å². The van der Waals surface area contributed by atoms with E-state index in [2.05, 4.69) is 121 Å². The summed E-state index contributed by atoms with van der Waals surface area (Å²) < 4.78 is 126. The van der Waals surface area contributed by atoms with Gasteiger partial charge < -0.3 is 9.47 Å². The molecule has 0 aliphatic heterocycles. The highest BCUT2D eigenvalue weighted by atomic mass is 19.2. The molecule has 10 heteroatoms. The van der Waals surface area contributed by atoms with Gasteiger partial charge in [-0.15, -0.1) is 0 Å². The predicted molar refractivity (Wildman–Crippen MR) is 484 cm³/mol. The minimum absolute atomic E-state index is 0.0322. The van der Waals surface area contributed by atoms with Crippen LogP contribution in [0, 0.1) is 58.4 Å². The number of hydrogen-bond donors (Lipinski definition) is 0. The van der Waals surface area contributed by atoms with Gasteiger partial charge in [0.05, 0.1) is 13.2 Å². The Bertz CT molecular complexity index is 4350. The third-order valence-electron chi connectivity index (χ3n) is 21.7. The standard InChI is InChI=1S/C24H30F2O.C24H24F2.C23H22F2.C22H26F2O.2C4H10.2C3H8/c1-3-5-6-17-7-9-18(10-8-17)19-11-13-20(14-12-19)21-15-16-22(27-4-2)24(26)23(21)25;1-3-5-6-18-9-13-20(14-10-18)22-16-15-21(23(25)24(22)26)19-11-7-17(4-2)8-12-19;1-3-5-17-8-12-19(13-9-17)21-15-14-20(22(24)23(21)25)18-10-6-16(4-2)7-11-18;1-3-15-5-7-16(8-6-15)17-9-11-18(12-10-17)19-13-14-20(25-4-2)22(24)21(19)23;2*1-3-4-2;2*1-3-2/h11-18H,3-10H2,1-2H3;7-16H,3-6H2,1-2H3;6-15H,3-5H2,1-2H3;9-16H,3-8H2,1-2H3;2*3-4H2,1-2H3;2*3H2,1-2H3. The van der Waals surface area contributed by atoms with Crippen LogP contribution in [0.4, 0.5) is 35.1 Å². The molecule has 0 bridgehead atoms. The summed E-state index contributed by atoms with van der Waals surface area (Å²) in [6.45, 7) is 34.3. The lowest BCUT2D eigenvalue weighted by Gasteiger charge is -2.29. The molecule has 0 unspecified atom stereocenters. The van der Waals surface area contributed by atoms with Gasteiger partial charge in [0.25, 0.3) is 0 Å². The molecule has 2 aliphatic rings. The van der Waals surface area contributed by atoms with E-state index >= 15 is 0 Å². The van der Waals surface area contributed by atoms with Crippen molar-refractivity contribution in [1.29, 1.82) is 0 Å². The molecule has 2 saturated carbocycles. The minimum atomic E-state index is -0.915. The van der Waals surface area contributed by atoms with Gasteiger partial charge in [-0.2, -0.15) is 8.78 Å². The van der Waals surface area contributed by atoms with Crippen LogP contribution in [0.25, 0.3) is 66.8 Å². The molecule has 634 valence electrons. The van der Waals surface area contributed by atoms with Crippen molar-refractivity contribution in [3.05, 3.63) is 274 Å². The van der Waals surface area contributed by atoms with Gasteiger partial charge in [-0.05, 0) is 212 Å². The normalized spacial score (nSPS) is 14.5. The molecular formula is C107H138F8O2. The maximum absolute atomic E-state index is 14.7. The Balaban J connectivity index is 0.000000263. The summed E-state index contributed by atoms with van der Waals surface area (Å²) in [5.41, 5.74) is 13.4. The van der Waals surface area contributed by atoms with E-state index in [1.165, 1.54) is 161 Å². The number of hydrogen-bond acceptors (Lipinski definition) is 2. The largest absolute Gasteiger partial charge is 0.491 e. The van der Waals surface area contributed by atoms with E-state index in [1.54, 1.807) is 50.2 Å². The van der Waals surface area contributed by atoms with Crippen LogP contribution >= 0.6 is 0 Å². The fourth-order valence-corrected chi connectivity index (χ4v) is 14.3. The van der Waals surface area contributed by atoms with Crippen molar-refractivity contribution in [2.75, 3.05) is 13.2 Å². The lowest BCUT2D eigenvalue weighted by Crippen LogP contribution is -2.13. The summed E-state index contributed by atoms with van der Waals surface area (Å²) in [5, 5.41) is 0. The maximum Gasteiger partial charge on any atom is 0.201 e. The highest BCUT2D eigenvalue weighted by molar-refractivity contribution is 5.74. The zero-order valence-corrected chi connectivity index (χ0v) is 73.7. The summed E-state index contributed by atoms with van der Waals surface area (Å²) >= 11 is 0. The van der Waals surface area contributed by atoms with E-state index in [0.29, 0.717) is 80.7 Å². The molecule has 10 aromatic rings. The fraction of sp³-hybridized carbons (Fsp3) is 0.439. The van der Waals surface area contributed by atoms with Crippen molar-refractivity contribution in [2.45, 2.75) is 283 Å². The van der Waals surface area contributed by atoms with Gasteiger partial charge in [-0.3, -0.25) is 0 Å². The molecule has 2 aliphatic carbocycles. The predicted octanol–water partition coefficient (Wildman–Crippen LogP) is 34.7. The Hall–Kier alpha value is -8.76. The lowest BCUT2D eigenvalue weighted by atomic mass is 9.77. The van der Waals surface area contributed by atoms with E-state index < -0.39 is 46.5 Å². The van der Waals surface area contributed by atoms with Gasteiger partial charge in [0.2, 0.25) is 11.6 Å². The highest BCUT2D eigenvalue weighted by Gasteiger charge is 2.26. The summed E-state index contributed by atoms with van der Waals surface area (Å²) in [4.78, 5) is 0. The molecular weight excluding hydrogens is 1470 g/mol. The molecule has 0 atom stereocenters. The second-order valence-corrected chi connectivity index (χ2v) is 30.9. The Morgan fingerprint density at radius 3 is 0.761 bits per heavy atom. The van der Waals surface area contributed by atoms with E-state index in [0.717, 1.165) is 56.8 Å². The monoisotopic (exact) mass is 1610 g/mol. The molecule has 0 saturated heterocycles. The summed E-state index contributed by atoms with van der Waals surface area (Å²) in [7, 11) is 0. The quantitative estimate of drug-likeness (QED) is 0.0531. The Morgan fingerprint density at radius 2 is 0.504 bits per heavy atom. The minimum Gasteiger partial charge on any atom is -0.491 e. The van der Waals surface area contributed by atoms with Gasteiger partial charge >= 0.3 is 0 Å². The molecule has 0 radical (unpaired) electrons. The Labute approximate surface area is 701 Å². The number of halogens is 8. The smallest absolute Gasteiger partial charge is 0.201 e. The third kappa shape index (κ3) is 30.8. The van der Waals surface area contributed by atoms with Gasteiger partial charge in [-0.25, -0.2) is 26.3 Å². The zero-order valence-electron chi connectivity index (χ0n) is 73.7. The molecule has 0 N–H and O–H groups in total. The first-order chi connectivity index (χ1) is 56.7. The Kier molecular flexibility index (Phi) is 46.5. The second kappa shape index (κ2) is 55.1.